The molecule has 4 rings (SSSR count). The summed E-state index contributed by atoms with van der Waals surface area (Å²) in [6, 6.07) is 21.7. The van der Waals surface area contributed by atoms with Gasteiger partial charge in [-0.25, -0.2) is 8.42 Å². The molecule has 1 N–H and O–H groups in total. The summed E-state index contributed by atoms with van der Waals surface area (Å²) in [5, 5.41) is 2.86. The highest BCUT2D eigenvalue weighted by molar-refractivity contribution is 9.10. The number of amides is 1. The fourth-order valence-corrected chi connectivity index (χ4v) is 6.22. The maximum atomic E-state index is 13.1. The van der Waals surface area contributed by atoms with E-state index in [0.717, 1.165) is 48.6 Å². The number of anilines is 1. The van der Waals surface area contributed by atoms with Crippen LogP contribution in [-0.2, 0) is 16.4 Å². The van der Waals surface area contributed by atoms with Crippen molar-refractivity contribution in [1.29, 1.82) is 0 Å². The van der Waals surface area contributed by atoms with E-state index in [2.05, 4.69) is 21.2 Å². The van der Waals surface area contributed by atoms with E-state index < -0.39 is 10.0 Å². The molecule has 1 aliphatic carbocycles. The van der Waals surface area contributed by atoms with E-state index in [-0.39, 0.29) is 16.8 Å². The Balaban J connectivity index is 1.42. The molecule has 0 radical (unpaired) electrons. The first-order valence-corrected chi connectivity index (χ1v) is 14.4. The van der Waals surface area contributed by atoms with Crippen LogP contribution in [0.4, 0.5) is 5.69 Å². The number of ether oxygens (including phenoxy) is 1. The van der Waals surface area contributed by atoms with Gasteiger partial charge in [-0.2, -0.15) is 4.31 Å². The van der Waals surface area contributed by atoms with Crippen molar-refractivity contribution in [3.8, 4) is 5.75 Å². The smallest absolute Gasteiger partial charge is 0.259 e. The van der Waals surface area contributed by atoms with Gasteiger partial charge < -0.3 is 10.1 Å². The van der Waals surface area contributed by atoms with Crippen molar-refractivity contribution in [2.24, 2.45) is 0 Å². The first kappa shape index (κ1) is 26.4. The molecule has 0 bridgehead atoms. The van der Waals surface area contributed by atoms with Gasteiger partial charge in [0, 0.05) is 29.7 Å². The van der Waals surface area contributed by atoms with Crippen molar-refractivity contribution < 1.29 is 17.9 Å². The number of hydrogen-bond donors (Lipinski definition) is 1. The minimum Gasteiger partial charge on any atom is -0.492 e. The first-order chi connectivity index (χ1) is 17.3. The number of nitrogens with zero attached hydrogens (tertiary/aromatic N) is 1. The Kier molecular flexibility index (Phi) is 8.82. The van der Waals surface area contributed by atoms with Crippen molar-refractivity contribution in [2.45, 2.75) is 49.5 Å². The Labute approximate surface area is 221 Å². The van der Waals surface area contributed by atoms with E-state index in [4.69, 9.17) is 4.74 Å². The molecule has 0 aliphatic heterocycles. The van der Waals surface area contributed by atoms with Crippen molar-refractivity contribution in [3.05, 3.63) is 88.4 Å². The van der Waals surface area contributed by atoms with Gasteiger partial charge in [-0.1, -0.05) is 65.5 Å². The molecular weight excluding hydrogens is 540 g/mol. The topological polar surface area (TPSA) is 75.7 Å². The van der Waals surface area contributed by atoms with Crippen LogP contribution in [0.15, 0.2) is 82.2 Å². The molecule has 6 nitrogen and oxygen atoms in total. The Bertz CT molecular complexity index is 1270. The van der Waals surface area contributed by atoms with E-state index >= 15 is 0 Å². The predicted molar refractivity (Wildman–Crippen MR) is 146 cm³/mol. The number of benzene rings is 3. The van der Waals surface area contributed by atoms with Gasteiger partial charge in [-0.05, 0) is 60.9 Å². The van der Waals surface area contributed by atoms with Gasteiger partial charge in [0.2, 0.25) is 10.0 Å². The van der Waals surface area contributed by atoms with E-state index in [1.54, 1.807) is 43.4 Å². The second-order valence-electron chi connectivity index (χ2n) is 9.02. The zero-order valence-electron chi connectivity index (χ0n) is 20.3. The van der Waals surface area contributed by atoms with Crippen LogP contribution >= 0.6 is 15.9 Å². The van der Waals surface area contributed by atoms with Gasteiger partial charge >= 0.3 is 0 Å². The fourth-order valence-electron chi connectivity index (χ4n) is 4.44. The molecule has 0 unspecified atom stereocenters. The third kappa shape index (κ3) is 6.55. The normalized spacial score (nSPS) is 14.5. The maximum Gasteiger partial charge on any atom is 0.259 e. The van der Waals surface area contributed by atoms with E-state index in [0.29, 0.717) is 23.6 Å². The van der Waals surface area contributed by atoms with Crippen LogP contribution in [0.5, 0.6) is 5.75 Å². The SMILES string of the molecule is CN(C1CCCCC1)S(=O)(=O)c1ccc(NC(=O)c2cc(Br)ccc2OCCc2ccccc2)cc1. The number of nitrogens with one attached hydrogen (secondary N) is 1. The Hall–Kier alpha value is -2.68. The Morgan fingerprint density at radius 1 is 1.00 bits per heavy atom. The highest BCUT2D eigenvalue weighted by Crippen LogP contribution is 2.28. The molecule has 1 fully saturated rings. The van der Waals surface area contributed by atoms with E-state index in [1.807, 2.05) is 36.4 Å². The summed E-state index contributed by atoms with van der Waals surface area (Å²) in [5.41, 5.74) is 2.06. The number of rotatable bonds is 9. The molecular formula is C28H31BrN2O4S. The highest BCUT2D eigenvalue weighted by atomic mass is 79.9. The van der Waals surface area contributed by atoms with Gasteiger partial charge in [0.1, 0.15) is 5.75 Å². The molecule has 36 heavy (non-hydrogen) atoms. The third-order valence-electron chi connectivity index (χ3n) is 6.56. The molecule has 0 saturated heterocycles. The lowest BCUT2D eigenvalue weighted by molar-refractivity contribution is 0.102. The van der Waals surface area contributed by atoms with Crippen molar-refractivity contribution >= 4 is 37.5 Å². The molecule has 8 heteroatoms. The quantitative estimate of drug-likeness (QED) is 0.328. The van der Waals surface area contributed by atoms with Gasteiger partial charge in [0.15, 0.2) is 0 Å². The lowest BCUT2D eigenvalue weighted by Crippen LogP contribution is -2.38. The van der Waals surface area contributed by atoms with Crippen LogP contribution in [0.2, 0.25) is 0 Å². The molecule has 1 amide bonds. The number of hydrogen-bond acceptors (Lipinski definition) is 4. The molecule has 0 spiro atoms. The van der Waals surface area contributed by atoms with Crippen molar-refractivity contribution in [2.75, 3.05) is 19.0 Å². The highest BCUT2D eigenvalue weighted by Gasteiger charge is 2.29. The van der Waals surface area contributed by atoms with Crippen molar-refractivity contribution in [3.63, 3.8) is 0 Å². The average molecular weight is 572 g/mol. The first-order valence-electron chi connectivity index (χ1n) is 12.2. The van der Waals surface area contributed by atoms with Gasteiger partial charge in [0.05, 0.1) is 17.1 Å². The van der Waals surface area contributed by atoms with Gasteiger partial charge in [-0.3, -0.25) is 4.79 Å². The number of carbonyl (C=O) groups is 1. The molecule has 1 aliphatic rings. The van der Waals surface area contributed by atoms with Crippen molar-refractivity contribution in [1.82, 2.24) is 4.31 Å². The zero-order chi connectivity index (χ0) is 25.5. The number of halogens is 1. The van der Waals surface area contributed by atoms with Crippen LogP contribution in [0.3, 0.4) is 0 Å². The minimum absolute atomic E-state index is 0.0416. The second kappa shape index (κ2) is 12.0. The Morgan fingerprint density at radius 2 is 1.69 bits per heavy atom. The lowest BCUT2D eigenvalue weighted by Gasteiger charge is -2.30. The van der Waals surface area contributed by atoms with Gasteiger partial charge in [0.25, 0.3) is 5.91 Å². The van der Waals surface area contributed by atoms with Crippen LogP contribution in [-0.4, -0.2) is 38.3 Å². The maximum absolute atomic E-state index is 13.1. The summed E-state index contributed by atoms with van der Waals surface area (Å²) < 4.78 is 34.4. The largest absolute Gasteiger partial charge is 0.492 e. The zero-order valence-corrected chi connectivity index (χ0v) is 22.7. The van der Waals surface area contributed by atoms with E-state index in [9.17, 15) is 13.2 Å². The second-order valence-corrected chi connectivity index (χ2v) is 11.9. The summed E-state index contributed by atoms with van der Waals surface area (Å²) in [7, 11) is -1.93. The molecule has 1 saturated carbocycles. The summed E-state index contributed by atoms with van der Waals surface area (Å²) in [6.07, 6.45) is 5.80. The molecule has 190 valence electrons. The molecule has 3 aromatic rings. The molecule has 0 heterocycles. The van der Waals surface area contributed by atoms with E-state index in [1.165, 1.54) is 4.31 Å². The summed E-state index contributed by atoms with van der Waals surface area (Å²) in [6.45, 7) is 0.437. The van der Waals surface area contributed by atoms with Crippen LogP contribution in [0.25, 0.3) is 0 Å². The van der Waals surface area contributed by atoms with Gasteiger partial charge in [-0.15, -0.1) is 0 Å². The predicted octanol–water partition coefficient (Wildman–Crippen LogP) is 6.28. The average Bonchev–Trinajstić information content (AvgIpc) is 2.90. The molecule has 0 atom stereocenters. The summed E-state index contributed by atoms with van der Waals surface area (Å²) in [5.74, 6) is 0.154. The van der Waals surface area contributed by atoms with Crippen LogP contribution in [0.1, 0.15) is 48.0 Å². The van der Waals surface area contributed by atoms with Crippen LogP contribution in [0, 0.1) is 0 Å². The molecule has 0 aromatic heterocycles. The van der Waals surface area contributed by atoms with Crippen LogP contribution < -0.4 is 10.1 Å². The summed E-state index contributed by atoms with van der Waals surface area (Å²) in [4.78, 5) is 13.3. The monoisotopic (exact) mass is 570 g/mol. The fraction of sp³-hybridized carbons (Fsp3) is 0.321. The number of carbonyl (C=O) groups excluding carboxylic acids is 1. The summed E-state index contributed by atoms with van der Waals surface area (Å²) >= 11 is 3.43. The Morgan fingerprint density at radius 3 is 2.39 bits per heavy atom. The lowest BCUT2D eigenvalue weighted by atomic mass is 9.96. The number of sulfonamides is 1. The third-order valence-corrected chi connectivity index (χ3v) is 8.97. The minimum atomic E-state index is -3.59. The molecule has 3 aromatic carbocycles. The standard InChI is InChI=1S/C28H31BrN2O4S/c1-31(24-10-6-3-7-11-24)36(33,34)25-15-13-23(14-16-25)30-28(32)26-20-22(29)12-17-27(26)35-19-18-21-8-4-2-5-9-21/h2,4-5,8-9,12-17,20,24H,3,6-7,10-11,18-19H2,1H3,(H,30,32).